The van der Waals surface area contributed by atoms with Crippen molar-refractivity contribution in [3.8, 4) is 0 Å². The normalized spacial score (nSPS) is 12.0. The Hall–Kier alpha value is -2.76. The summed E-state index contributed by atoms with van der Waals surface area (Å²) in [7, 11) is -0.663. The van der Waals surface area contributed by atoms with Gasteiger partial charge in [-0.1, -0.05) is 13.8 Å². The van der Waals surface area contributed by atoms with E-state index in [9.17, 15) is 18.0 Å². The van der Waals surface area contributed by atoms with Crippen LogP contribution in [0.25, 0.3) is 10.2 Å². The van der Waals surface area contributed by atoms with Crippen LogP contribution in [0.15, 0.2) is 35.2 Å². The van der Waals surface area contributed by atoms with Crippen LogP contribution in [0.3, 0.4) is 0 Å². The second-order valence-electron chi connectivity index (χ2n) is 7.93. The lowest BCUT2D eigenvalue weighted by Gasteiger charge is -2.12. The van der Waals surface area contributed by atoms with Gasteiger partial charge in [0.2, 0.25) is 10.0 Å². The van der Waals surface area contributed by atoms with E-state index in [-0.39, 0.29) is 4.90 Å². The molecule has 2 aromatic heterocycles. The van der Waals surface area contributed by atoms with Gasteiger partial charge in [-0.3, -0.25) is 9.48 Å². The van der Waals surface area contributed by atoms with E-state index in [2.05, 4.69) is 24.3 Å². The first kappa shape index (κ1) is 23.9. The Kier molecular flexibility index (Phi) is 7.01. The summed E-state index contributed by atoms with van der Waals surface area (Å²) < 4.78 is 32.3. The van der Waals surface area contributed by atoms with Crippen LogP contribution in [0, 0.1) is 12.8 Å². The van der Waals surface area contributed by atoms with E-state index < -0.39 is 28.5 Å². The number of carbonyl (C=O) groups is 2. The third kappa shape index (κ3) is 5.17. The molecule has 1 N–H and O–H groups in total. The predicted octanol–water partition coefficient (Wildman–Crippen LogP) is 3.11. The van der Waals surface area contributed by atoms with Gasteiger partial charge in [-0.05, 0) is 43.2 Å². The molecule has 0 atom stereocenters. The largest absolute Gasteiger partial charge is 0.451 e. The first-order valence-electron chi connectivity index (χ1n) is 9.95. The van der Waals surface area contributed by atoms with E-state index in [1.807, 2.05) is 11.6 Å². The molecule has 0 aliphatic heterocycles. The smallest absolute Gasteiger partial charge is 0.348 e. The summed E-state index contributed by atoms with van der Waals surface area (Å²) in [6.45, 7) is 6.37. The zero-order valence-corrected chi connectivity index (χ0v) is 20.2. The molecule has 0 bridgehead atoms. The van der Waals surface area contributed by atoms with Gasteiger partial charge in [0.1, 0.15) is 9.71 Å². The van der Waals surface area contributed by atoms with Gasteiger partial charge in [0, 0.05) is 31.7 Å². The van der Waals surface area contributed by atoms with Crippen molar-refractivity contribution in [3.63, 3.8) is 0 Å². The number of esters is 1. The highest BCUT2D eigenvalue weighted by atomic mass is 32.2. The van der Waals surface area contributed by atoms with Crippen molar-refractivity contribution in [2.75, 3.05) is 26.0 Å². The van der Waals surface area contributed by atoms with Crippen LogP contribution in [0.2, 0.25) is 0 Å². The van der Waals surface area contributed by atoms with Gasteiger partial charge in [-0.15, -0.1) is 11.3 Å². The third-order valence-electron chi connectivity index (χ3n) is 4.60. The van der Waals surface area contributed by atoms with Crippen LogP contribution in [0.1, 0.15) is 29.2 Å². The monoisotopic (exact) mass is 478 g/mol. The van der Waals surface area contributed by atoms with Crippen LogP contribution in [0.4, 0.5) is 5.69 Å². The predicted molar refractivity (Wildman–Crippen MR) is 123 cm³/mol. The molecule has 0 saturated heterocycles. The van der Waals surface area contributed by atoms with E-state index in [0.717, 1.165) is 26.8 Å². The van der Waals surface area contributed by atoms with Gasteiger partial charge < -0.3 is 10.1 Å². The van der Waals surface area contributed by atoms with Crippen LogP contribution >= 0.6 is 11.3 Å². The van der Waals surface area contributed by atoms with Crippen molar-refractivity contribution in [3.05, 3.63) is 40.9 Å². The van der Waals surface area contributed by atoms with Crippen molar-refractivity contribution in [1.82, 2.24) is 14.1 Å². The van der Waals surface area contributed by atoms with E-state index in [1.165, 1.54) is 49.7 Å². The van der Waals surface area contributed by atoms with Crippen LogP contribution < -0.4 is 5.32 Å². The molecule has 11 heteroatoms. The summed E-state index contributed by atoms with van der Waals surface area (Å²) >= 11 is 1.29. The molecular weight excluding hydrogens is 452 g/mol. The highest BCUT2D eigenvalue weighted by Crippen LogP contribution is 2.29. The average Bonchev–Trinajstić information content (AvgIpc) is 3.27. The Morgan fingerprint density at radius 1 is 1.22 bits per heavy atom. The SMILES string of the molecule is Cc1nn(CC(C)C)c2sc(C(=O)OCC(=O)Nc3ccc(S(=O)(=O)N(C)C)cc3)cc12. The molecule has 1 amide bonds. The zero-order valence-electron chi connectivity index (χ0n) is 18.6. The summed E-state index contributed by atoms with van der Waals surface area (Å²) in [6, 6.07) is 7.49. The maximum absolute atomic E-state index is 12.4. The zero-order chi connectivity index (χ0) is 23.6. The fraction of sp³-hybridized carbons (Fsp3) is 0.381. The maximum Gasteiger partial charge on any atom is 0.348 e. The minimum absolute atomic E-state index is 0.114. The number of aryl methyl sites for hydroxylation is 1. The van der Waals surface area contributed by atoms with Crippen molar-refractivity contribution in [2.45, 2.75) is 32.2 Å². The molecule has 9 nitrogen and oxygen atoms in total. The summed E-state index contributed by atoms with van der Waals surface area (Å²) in [5, 5.41) is 8.00. The molecule has 2 heterocycles. The number of nitrogens with zero attached hydrogens (tertiary/aromatic N) is 3. The van der Waals surface area contributed by atoms with Crippen molar-refractivity contribution >= 4 is 49.1 Å². The number of anilines is 1. The first-order chi connectivity index (χ1) is 15.0. The first-order valence-corrected chi connectivity index (χ1v) is 12.2. The molecule has 0 spiro atoms. The lowest BCUT2D eigenvalue weighted by molar-refractivity contribution is -0.119. The molecule has 3 aromatic rings. The second kappa shape index (κ2) is 9.39. The van der Waals surface area contributed by atoms with E-state index in [0.29, 0.717) is 16.5 Å². The van der Waals surface area contributed by atoms with Crippen molar-refractivity contribution in [2.24, 2.45) is 5.92 Å². The number of rotatable bonds is 8. The molecule has 0 unspecified atom stereocenters. The number of ether oxygens (including phenoxy) is 1. The summed E-state index contributed by atoms with van der Waals surface area (Å²) in [6.07, 6.45) is 0. The van der Waals surface area contributed by atoms with Gasteiger partial charge in [-0.25, -0.2) is 17.5 Å². The molecule has 0 saturated carbocycles. The number of hydrogen-bond acceptors (Lipinski definition) is 7. The molecule has 172 valence electrons. The van der Waals surface area contributed by atoms with Gasteiger partial charge in [0.25, 0.3) is 5.91 Å². The van der Waals surface area contributed by atoms with Gasteiger partial charge in [-0.2, -0.15) is 5.10 Å². The standard InChI is InChI=1S/C21H26N4O5S2/c1-13(2)11-25-20-17(14(3)23-25)10-18(31-20)21(27)30-12-19(26)22-15-6-8-16(9-7-15)32(28,29)24(4)5/h6-10,13H,11-12H2,1-5H3,(H,22,26). The van der Waals surface area contributed by atoms with E-state index in [4.69, 9.17) is 4.74 Å². The number of sulfonamides is 1. The van der Waals surface area contributed by atoms with Crippen LogP contribution in [-0.4, -0.2) is 55.1 Å². The summed E-state index contributed by atoms with van der Waals surface area (Å²) in [5.74, 6) is -0.690. The third-order valence-corrected chi connectivity index (χ3v) is 7.56. The molecule has 0 fully saturated rings. The fourth-order valence-corrected chi connectivity index (χ4v) is 4.97. The average molecular weight is 479 g/mol. The number of amides is 1. The molecule has 32 heavy (non-hydrogen) atoms. The molecule has 0 radical (unpaired) electrons. The van der Waals surface area contributed by atoms with Gasteiger partial charge in [0.15, 0.2) is 6.61 Å². The maximum atomic E-state index is 12.4. The Labute approximate surface area is 191 Å². The lowest BCUT2D eigenvalue weighted by atomic mass is 10.2. The van der Waals surface area contributed by atoms with Gasteiger partial charge >= 0.3 is 5.97 Å². The van der Waals surface area contributed by atoms with Gasteiger partial charge in [0.05, 0.1) is 10.6 Å². The Balaban J connectivity index is 1.61. The molecule has 0 aliphatic rings. The Morgan fingerprint density at radius 2 is 1.88 bits per heavy atom. The summed E-state index contributed by atoms with van der Waals surface area (Å²) in [5.41, 5.74) is 1.24. The highest BCUT2D eigenvalue weighted by molar-refractivity contribution is 7.89. The number of fused-ring (bicyclic) bond motifs is 1. The number of hydrogen-bond donors (Lipinski definition) is 1. The molecule has 3 rings (SSSR count). The molecule has 0 aliphatic carbocycles. The van der Waals surface area contributed by atoms with E-state index >= 15 is 0 Å². The van der Waals surface area contributed by atoms with Crippen molar-refractivity contribution < 1.29 is 22.7 Å². The van der Waals surface area contributed by atoms with E-state index in [1.54, 1.807) is 6.07 Å². The van der Waals surface area contributed by atoms with Crippen LogP contribution in [0.5, 0.6) is 0 Å². The van der Waals surface area contributed by atoms with Crippen molar-refractivity contribution in [1.29, 1.82) is 0 Å². The highest BCUT2D eigenvalue weighted by Gasteiger charge is 2.19. The minimum atomic E-state index is -3.55. The van der Waals surface area contributed by atoms with Crippen LogP contribution in [-0.2, 0) is 26.1 Å². The number of carbonyl (C=O) groups excluding carboxylic acids is 2. The number of thiophene rings is 1. The minimum Gasteiger partial charge on any atom is -0.451 e. The number of benzene rings is 1. The lowest BCUT2D eigenvalue weighted by Crippen LogP contribution is -2.22. The summed E-state index contributed by atoms with van der Waals surface area (Å²) in [4.78, 5) is 26.0. The quantitative estimate of drug-likeness (QED) is 0.498. The molecule has 1 aromatic carbocycles. The molecular formula is C21H26N4O5S2. The fourth-order valence-electron chi connectivity index (χ4n) is 3.00. The Morgan fingerprint density at radius 3 is 2.47 bits per heavy atom. The second-order valence-corrected chi connectivity index (χ2v) is 11.1. The number of aromatic nitrogens is 2. The Bertz CT molecular complexity index is 1240. The topological polar surface area (TPSA) is 111 Å². The number of nitrogens with one attached hydrogen (secondary N) is 1.